The molecule has 0 spiro atoms. The van der Waals surface area contributed by atoms with Gasteiger partial charge in [0, 0.05) is 32.2 Å². The number of piperazine rings is 1. The van der Waals surface area contributed by atoms with Crippen molar-refractivity contribution in [2.45, 2.75) is 84.1 Å². The van der Waals surface area contributed by atoms with Crippen LogP contribution in [0.15, 0.2) is 0 Å². The Morgan fingerprint density at radius 3 is 2.48 bits per heavy atom. The van der Waals surface area contributed by atoms with Crippen molar-refractivity contribution in [2.24, 2.45) is 34.5 Å². The van der Waals surface area contributed by atoms with Crippen LogP contribution in [0.3, 0.4) is 0 Å². The molecular weight excluding hydrogens is 304 g/mol. The van der Waals surface area contributed by atoms with Crippen LogP contribution in [0.4, 0.5) is 0 Å². The van der Waals surface area contributed by atoms with E-state index in [9.17, 15) is 0 Å². The summed E-state index contributed by atoms with van der Waals surface area (Å²) in [5.41, 5.74) is 1.37. The summed E-state index contributed by atoms with van der Waals surface area (Å²) < 4.78 is 0. The van der Waals surface area contributed by atoms with Crippen molar-refractivity contribution in [1.82, 2.24) is 10.2 Å². The van der Waals surface area contributed by atoms with E-state index in [0.29, 0.717) is 5.41 Å². The topological polar surface area (TPSA) is 15.3 Å². The molecule has 4 aliphatic carbocycles. The van der Waals surface area contributed by atoms with Gasteiger partial charge < -0.3 is 5.32 Å². The van der Waals surface area contributed by atoms with Gasteiger partial charge >= 0.3 is 0 Å². The molecule has 1 heterocycles. The third-order valence-corrected chi connectivity index (χ3v) is 10.0. The molecule has 5 fully saturated rings. The molecule has 25 heavy (non-hydrogen) atoms. The zero-order chi connectivity index (χ0) is 17.1. The number of nitrogens with zero attached hydrogens (tertiary/aromatic N) is 1. The largest absolute Gasteiger partial charge is 0.314 e. The molecule has 1 saturated heterocycles. The molecule has 1 N–H and O–H groups in total. The van der Waals surface area contributed by atoms with Gasteiger partial charge in [0.2, 0.25) is 0 Å². The fraction of sp³-hybridized carbons (Fsp3) is 1.00. The number of nitrogens with one attached hydrogen (secondary N) is 1. The van der Waals surface area contributed by atoms with Crippen LogP contribution in [-0.2, 0) is 0 Å². The average Bonchev–Trinajstić information content (AvgIpc) is 3.03. The van der Waals surface area contributed by atoms with Crippen LogP contribution in [0.5, 0.6) is 0 Å². The summed E-state index contributed by atoms with van der Waals surface area (Å²) in [4.78, 5) is 2.85. The third kappa shape index (κ3) is 2.64. The fourth-order valence-electron chi connectivity index (χ4n) is 8.68. The van der Waals surface area contributed by atoms with E-state index in [4.69, 9.17) is 0 Å². The van der Waals surface area contributed by atoms with Gasteiger partial charge in [0.15, 0.2) is 0 Å². The summed E-state index contributed by atoms with van der Waals surface area (Å²) in [5, 5.41) is 3.55. The van der Waals surface area contributed by atoms with Gasteiger partial charge in [-0.2, -0.15) is 0 Å². The zero-order valence-electron chi connectivity index (χ0n) is 16.7. The standard InChI is InChI=1S/C23H40N2/c1-22-10-3-4-20(22)19-8-6-17-5-7-18(25-14-12-24-13-15-25)16-23(17,2)21(19)9-11-22/h17-21,24H,3-16H2,1-2H3/t17?,18?,19-,20-,21+,22-,23-/m0/s1. The van der Waals surface area contributed by atoms with E-state index in [1.165, 1.54) is 58.3 Å². The van der Waals surface area contributed by atoms with Gasteiger partial charge in [-0.25, -0.2) is 0 Å². The van der Waals surface area contributed by atoms with Gasteiger partial charge in [-0.05, 0) is 92.3 Å². The van der Waals surface area contributed by atoms with Crippen molar-refractivity contribution in [3.05, 3.63) is 0 Å². The lowest BCUT2D eigenvalue weighted by molar-refractivity contribution is -0.118. The highest BCUT2D eigenvalue weighted by Gasteiger charge is 2.58. The highest BCUT2D eigenvalue weighted by molar-refractivity contribution is 5.08. The summed E-state index contributed by atoms with van der Waals surface area (Å²) in [7, 11) is 0. The number of rotatable bonds is 1. The highest BCUT2D eigenvalue weighted by Crippen LogP contribution is 2.66. The summed E-state index contributed by atoms with van der Waals surface area (Å²) in [6.07, 6.45) is 15.4. The molecule has 0 aromatic carbocycles. The van der Waals surface area contributed by atoms with E-state index in [0.717, 1.165) is 35.1 Å². The minimum absolute atomic E-state index is 0.653. The SMILES string of the molecule is C[C@@]12CCC[C@H]1[C@@H]1CCC3CCC(N4CCNCC4)C[C@]3(C)[C@@H]1CC2. The molecule has 5 rings (SSSR count). The normalized spacial score (nSPS) is 53.8. The van der Waals surface area contributed by atoms with Crippen LogP contribution in [0.25, 0.3) is 0 Å². The molecule has 0 radical (unpaired) electrons. The Morgan fingerprint density at radius 1 is 0.840 bits per heavy atom. The van der Waals surface area contributed by atoms with Gasteiger partial charge in [0.25, 0.3) is 0 Å². The van der Waals surface area contributed by atoms with Crippen molar-refractivity contribution in [2.75, 3.05) is 26.2 Å². The highest BCUT2D eigenvalue weighted by atomic mass is 15.2. The minimum Gasteiger partial charge on any atom is -0.314 e. The molecule has 4 saturated carbocycles. The lowest BCUT2D eigenvalue weighted by Crippen LogP contribution is -2.57. The third-order valence-electron chi connectivity index (χ3n) is 10.0. The molecule has 0 aromatic rings. The van der Waals surface area contributed by atoms with Crippen LogP contribution >= 0.6 is 0 Å². The Kier molecular flexibility index (Phi) is 4.25. The second kappa shape index (κ2) is 6.23. The Hall–Kier alpha value is -0.0800. The first kappa shape index (κ1) is 17.0. The van der Waals surface area contributed by atoms with E-state index in [1.807, 2.05) is 0 Å². The van der Waals surface area contributed by atoms with E-state index in [2.05, 4.69) is 24.1 Å². The van der Waals surface area contributed by atoms with E-state index in [-0.39, 0.29) is 0 Å². The molecule has 0 bridgehead atoms. The predicted octanol–water partition coefficient (Wildman–Crippen LogP) is 4.69. The van der Waals surface area contributed by atoms with Gasteiger partial charge in [-0.1, -0.05) is 20.3 Å². The number of hydrogen-bond donors (Lipinski definition) is 1. The van der Waals surface area contributed by atoms with Crippen LogP contribution in [-0.4, -0.2) is 37.1 Å². The zero-order valence-corrected chi connectivity index (χ0v) is 16.7. The average molecular weight is 345 g/mol. The first-order valence-corrected chi connectivity index (χ1v) is 11.5. The molecule has 2 heteroatoms. The van der Waals surface area contributed by atoms with Crippen molar-refractivity contribution >= 4 is 0 Å². The Morgan fingerprint density at radius 2 is 1.64 bits per heavy atom. The molecule has 5 aliphatic rings. The van der Waals surface area contributed by atoms with E-state index < -0.39 is 0 Å². The molecule has 2 nitrogen and oxygen atoms in total. The maximum Gasteiger partial charge on any atom is 0.0110 e. The Labute approximate surface area is 155 Å². The number of hydrogen-bond acceptors (Lipinski definition) is 2. The minimum atomic E-state index is 0.653. The van der Waals surface area contributed by atoms with Crippen LogP contribution < -0.4 is 5.32 Å². The molecule has 142 valence electrons. The quantitative estimate of drug-likeness (QED) is 0.742. The van der Waals surface area contributed by atoms with Gasteiger partial charge in [0.1, 0.15) is 0 Å². The summed E-state index contributed by atoms with van der Waals surface area (Å²) in [6.45, 7) is 10.4. The van der Waals surface area contributed by atoms with Crippen LogP contribution in [0.1, 0.15) is 78.1 Å². The summed E-state index contributed by atoms with van der Waals surface area (Å²) >= 11 is 0. The fourth-order valence-corrected chi connectivity index (χ4v) is 8.68. The van der Waals surface area contributed by atoms with Crippen molar-refractivity contribution < 1.29 is 0 Å². The molecule has 7 atom stereocenters. The summed E-state index contributed by atoms with van der Waals surface area (Å²) in [6, 6.07) is 0.888. The first-order valence-electron chi connectivity index (χ1n) is 11.5. The second-order valence-corrected chi connectivity index (χ2v) is 11.0. The van der Waals surface area contributed by atoms with E-state index >= 15 is 0 Å². The second-order valence-electron chi connectivity index (χ2n) is 11.0. The molecule has 1 aliphatic heterocycles. The van der Waals surface area contributed by atoms with Crippen molar-refractivity contribution in [3.8, 4) is 0 Å². The summed E-state index contributed by atoms with van der Waals surface area (Å²) in [5.74, 6) is 4.24. The first-order chi connectivity index (χ1) is 12.1. The Bertz CT molecular complexity index is 498. The van der Waals surface area contributed by atoms with Crippen molar-refractivity contribution in [3.63, 3.8) is 0 Å². The van der Waals surface area contributed by atoms with Crippen LogP contribution in [0, 0.1) is 34.5 Å². The molecule has 0 aromatic heterocycles. The molecular formula is C23H40N2. The maximum atomic E-state index is 3.55. The molecule has 0 amide bonds. The van der Waals surface area contributed by atoms with Gasteiger partial charge in [-0.3, -0.25) is 4.90 Å². The lowest BCUT2D eigenvalue weighted by atomic mass is 9.45. The maximum absolute atomic E-state index is 3.55. The smallest absolute Gasteiger partial charge is 0.0110 e. The van der Waals surface area contributed by atoms with E-state index in [1.54, 1.807) is 32.1 Å². The van der Waals surface area contributed by atoms with Crippen molar-refractivity contribution in [1.29, 1.82) is 0 Å². The Balaban J connectivity index is 1.38. The predicted molar refractivity (Wildman–Crippen MR) is 105 cm³/mol. The van der Waals surface area contributed by atoms with Gasteiger partial charge in [0.05, 0.1) is 0 Å². The van der Waals surface area contributed by atoms with Crippen LogP contribution in [0.2, 0.25) is 0 Å². The molecule has 2 unspecified atom stereocenters. The van der Waals surface area contributed by atoms with Gasteiger partial charge in [-0.15, -0.1) is 0 Å². The monoisotopic (exact) mass is 344 g/mol. The number of fused-ring (bicyclic) bond motifs is 5. The lowest BCUT2D eigenvalue weighted by Gasteiger charge is -2.61.